The molecule has 43 heavy (non-hydrogen) atoms. The summed E-state index contributed by atoms with van der Waals surface area (Å²) < 4.78 is 52.8. The minimum absolute atomic E-state index is 0.0256. The van der Waals surface area contributed by atoms with Gasteiger partial charge in [-0.2, -0.15) is 0 Å². The minimum atomic E-state index is -4.78. The Morgan fingerprint density at radius 3 is 1.88 bits per heavy atom. The molecule has 0 fully saturated rings. The number of hydrogen-bond acceptors (Lipinski definition) is 5. The van der Waals surface area contributed by atoms with Crippen molar-refractivity contribution >= 4 is 12.3 Å². The number of ether oxygens (including phenoxy) is 3. The highest BCUT2D eigenvalue weighted by atomic mass is 19.4. The third-order valence-electron chi connectivity index (χ3n) is 6.83. The molecule has 0 N–H and O–H groups in total. The van der Waals surface area contributed by atoms with Crippen LogP contribution in [0.1, 0.15) is 55.6 Å². The molecule has 0 bridgehead atoms. The van der Waals surface area contributed by atoms with Crippen LogP contribution in [0.3, 0.4) is 0 Å². The molecule has 0 saturated carbocycles. The van der Waals surface area contributed by atoms with Crippen LogP contribution in [-0.4, -0.2) is 25.2 Å². The molecule has 0 spiro atoms. The molecule has 5 nitrogen and oxygen atoms in total. The lowest BCUT2D eigenvalue weighted by Gasteiger charge is -2.19. The Labute approximate surface area is 249 Å². The van der Waals surface area contributed by atoms with Crippen molar-refractivity contribution < 1.29 is 37.0 Å². The molecule has 0 heterocycles. The third-order valence-corrected chi connectivity index (χ3v) is 6.83. The van der Waals surface area contributed by atoms with Crippen LogP contribution in [0.5, 0.6) is 17.2 Å². The van der Waals surface area contributed by atoms with Crippen molar-refractivity contribution in [3.05, 3.63) is 102 Å². The molecule has 0 unspecified atom stereocenters. The largest absolute Gasteiger partial charge is 0.573 e. The van der Waals surface area contributed by atoms with Crippen molar-refractivity contribution in [3.8, 4) is 39.5 Å². The van der Waals surface area contributed by atoms with E-state index in [1.165, 1.54) is 29.8 Å². The molecule has 0 radical (unpaired) electrons. The summed E-state index contributed by atoms with van der Waals surface area (Å²) in [7, 11) is 0. The zero-order valence-electron chi connectivity index (χ0n) is 24.5. The van der Waals surface area contributed by atoms with Gasteiger partial charge in [-0.1, -0.05) is 69.3 Å². The zero-order chi connectivity index (χ0) is 31.2. The highest BCUT2D eigenvalue weighted by molar-refractivity contribution is 5.83. The van der Waals surface area contributed by atoms with Gasteiger partial charge in [0.1, 0.15) is 17.2 Å². The Hall–Kier alpha value is -4.59. The average Bonchev–Trinajstić information content (AvgIpc) is 2.96. The van der Waals surface area contributed by atoms with Gasteiger partial charge in [0.05, 0.1) is 12.2 Å². The fourth-order valence-electron chi connectivity index (χ4n) is 4.57. The van der Waals surface area contributed by atoms with Crippen molar-refractivity contribution in [1.29, 1.82) is 0 Å². The molecule has 0 aliphatic rings. The monoisotopic (exact) mass is 590 g/mol. The highest BCUT2D eigenvalue weighted by Crippen LogP contribution is 2.35. The van der Waals surface area contributed by atoms with E-state index in [1.807, 2.05) is 18.2 Å². The summed E-state index contributed by atoms with van der Waals surface area (Å²) in [6, 6.07) is 24.4. The van der Waals surface area contributed by atoms with Crippen LogP contribution >= 0.6 is 0 Å². The molecule has 0 aliphatic heterocycles. The van der Waals surface area contributed by atoms with Gasteiger partial charge in [-0.05, 0) is 88.5 Å². The summed E-state index contributed by atoms with van der Waals surface area (Å²) in [5, 5.41) is 0. The number of hydrogen-bond donors (Lipinski definition) is 0. The summed E-state index contributed by atoms with van der Waals surface area (Å²) in [5.74, 6) is 0.132. The molecule has 0 aromatic heterocycles. The first kappa shape index (κ1) is 31.3. The predicted octanol–water partition coefficient (Wildman–Crippen LogP) is 9.32. The number of carbonyl (C=O) groups excluding carboxylic acids is 2. The fourth-order valence-corrected chi connectivity index (χ4v) is 4.57. The van der Waals surface area contributed by atoms with Crippen LogP contribution in [0, 0.1) is 0 Å². The Morgan fingerprint density at radius 2 is 1.33 bits per heavy atom. The van der Waals surface area contributed by atoms with Crippen molar-refractivity contribution in [2.75, 3.05) is 6.61 Å². The van der Waals surface area contributed by atoms with Gasteiger partial charge in [-0.15, -0.1) is 13.2 Å². The van der Waals surface area contributed by atoms with E-state index in [9.17, 15) is 22.8 Å². The molecule has 8 heteroatoms. The first-order valence-electron chi connectivity index (χ1n) is 13.9. The second kappa shape index (κ2) is 13.2. The number of alkyl halides is 3. The number of aldehydes is 1. The van der Waals surface area contributed by atoms with Crippen LogP contribution in [0.25, 0.3) is 22.3 Å². The van der Waals surface area contributed by atoms with Gasteiger partial charge < -0.3 is 14.2 Å². The van der Waals surface area contributed by atoms with Gasteiger partial charge in [-0.25, -0.2) is 0 Å². The molecule has 0 atom stereocenters. The summed E-state index contributed by atoms with van der Waals surface area (Å²) in [6.07, 6.45) is -3.61. The summed E-state index contributed by atoms with van der Waals surface area (Å²) in [5.41, 5.74) is 5.45. The maximum absolute atomic E-state index is 12.5. The van der Waals surface area contributed by atoms with E-state index in [4.69, 9.17) is 9.47 Å². The Morgan fingerprint density at radius 1 is 0.767 bits per heavy atom. The maximum Gasteiger partial charge on any atom is 0.573 e. The third kappa shape index (κ3) is 8.47. The number of halogens is 3. The van der Waals surface area contributed by atoms with E-state index >= 15 is 0 Å². The van der Waals surface area contributed by atoms with E-state index in [0.29, 0.717) is 35.3 Å². The lowest BCUT2D eigenvalue weighted by atomic mass is 9.86. The maximum atomic E-state index is 12.5. The molecule has 224 valence electrons. The second-order valence-corrected chi connectivity index (χ2v) is 11.0. The lowest BCUT2D eigenvalue weighted by Crippen LogP contribution is -2.16. The zero-order valence-corrected chi connectivity index (χ0v) is 24.5. The number of esters is 1. The van der Waals surface area contributed by atoms with Gasteiger partial charge >= 0.3 is 12.3 Å². The molecular formula is C35H33F3O5. The summed E-state index contributed by atoms with van der Waals surface area (Å²) in [4.78, 5) is 24.2. The minimum Gasteiger partial charge on any atom is -0.466 e. The number of rotatable bonds is 10. The molecule has 4 aromatic rings. The van der Waals surface area contributed by atoms with Crippen LogP contribution in [-0.2, 0) is 21.4 Å². The normalized spacial score (nSPS) is 11.6. The van der Waals surface area contributed by atoms with E-state index in [-0.39, 0.29) is 35.7 Å². The lowest BCUT2D eigenvalue weighted by molar-refractivity contribution is -0.274. The second-order valence-electron chi connectivity index (χ2n) is 11.0. The van der Waals surface area contributed by atoms with Crippen molar-refractivity contribution in [2.45, 2.75) is 52.3 Å². The first-order chi connectivity index (χ1) is 20.4. The van der Waals surface area contributed by atoms with Crippen LogP contribution in [0.15, 0.2) is 84.9 Å². The topological polar surface area (TPSA) is 61.8 Å². The van der Waals surface area contributed by atoms with Crippen LogP contribution in [0.2, 0.25) is 0 Å². The van der Waals surface area contributed by atoms with E-state index < -0.39 is 6.36 Å². The van der Waals surface area contributed by atoms with E-state index in [0.717, 1.165) is 16.7 Å². The first-order valence-corrected chi connectivity index (χ1v) is 13.9. The van der Waals surface area contributed by atoms with Crippen LogP contribution < -0.4 is 9.47 Å². The van der Waals surface area contributed by atoms with Gasteiger partial charge in [0.25, 0.3) is 0 Å². The Bertz CT molecular complexity index is 1570. The van der Waals surface area contributed by atoms with Crippen molar-refractivity contribution in [2.24, 2.45) is 0 Å². The highest BCUT2D eigenvalue weighted by Gasteiger charge is 2.31. The number of carbonyl (C=O) groups is 2. The molecule has 0 amide bonds. The van der Waals surface area contributed by atoms with Crippen molar-refractivity contribution in [1.82, 2.24) is 0 Å². The molecule has 4 rings (SSSR count). The summed E-state index contributed by atoms with van der Waals surface area (Å²) in [6.45, 7) is 8.51. The van der Waals surface area contributed by atoms with Gasteiger partial charge in [-0.3, -0.25) is 9.59 Å². The van der Waals surface area contributed by atoms with Gasteiger partial charge in [0.2, 0.25) is 0 Å². The standard InChI is InChI=1S/C35H33F3O5/c1-5-41-33(40)19-12-27-20-25(23-6-13-29(14-7-23)34(2,3)4)10-17-31(27)42-32-18-11-26(21-28(32)22-39)24-8-15-30(16-9-24)43-35(36,37)38/h6-11,13-18,20-22H,5,12,19H2,1-4H3. The van der Waals surface area contributed by atoms with E-state index in [2.05, 4.69) is 49.8 Å². The quantitative estimate of drug-likeness (QED) is 0.136. The smallest absolute Gasteiger partial charge is 0.466 e. The molecule has 0 aliphatic carbocycles. The Kier molecular flexibility index (Phi) is 9.59. The number of benzene rings is 4. The molecule has 4 aromatic carbocycles. The van der Waals surface area contributed by atoms with Crippen LogP contribution in [0.4, 0.5) is 13.2 Å². The van der Waals surface area contributed by atoms with Gasteiger partial charge in [0.15, 0.2) is 6.29 Å². The molecule has 0 saturated heterocycles. The van der Waals surface area contributed by atoms with Crippen molar-refractivity contribution in [3.63, 3.8) is 0 Å². The average molecular weight is 591 g/mol. The van der Waals surface area contributed by atoms with E-state index in [1.54, 1.807) is 25.1 Å². The summed E-state index contributed by atoms with van der Waals surface area (Å²) >= 11 is 0. The Balaban J connectivity index is 1.62. The fraction of sp³-hybridized carbons (Fsp3) is 0.257. The number of aryl methyl sites for hydroxylation is 1. The predicted molar refractivity (Wildman–Crippen MR) is 160 cm³/mol. The van der Waals surface area contributed by atoms with Gasteiger partial charge in [0, 0.05) is 6.42 Å². The SMILES string of the molecule is CCOC(=O)CCc1cc(-c2ccc(C(C)(C)C)cc2)ccc1Oc1ccc(-c2ccc(OC(F)(F)F)cc2)cc1C=O. The molecular weight excluding hydrogens is 557 g/mol.